The molecule has 1 amide bonds. The maximum absolute atomic E-state index is 12.4. The number of nitrogens with one attached hydrogen (secondary N) is 1. The summed E-state index contributed by atoms with van der Waals surface area (Å²) >= 11 is 0. The first-order valence-corrected chi connectivity index (χ1v) is 8.96. The van der Waals surface area contributed by atoms with Gasteiger partial charge in [0.15, 0.2) is 0 Å². The van der Waals surface area contributed by atoms with Crippen LogP contribution >= 0.6 is 0 Å². The molecule has 0 bridgehead atoms. The Morgan fingerprint density at radius 1 is 1.29 bits per heavy atom. The van der Waals surface area contributed by atoms with Crippen LogP contribution in [0, 0.1) is 19.8 Å². The molecule has 0 spiro atoms. The van der Waals surface area contributed by atoms with Gasteiger partial charge in [-0.15, -0.1) is 0 Å². The van der Waals surface area contributed by atoms with Gasteiger partial charge in [-0.1, -0.05) is 13.8 Å². The fourth-order valence-corrected chi connectivity index (χ4v) is 3.38. The highest BCUT2D eigenvalue weighted by Crippen LogP contribution is 2.14. The molecule has 136 valence electrons. The second kappa shape index (κ2) is 8.62. The van der Waals surface area contributed by atoms with Gasteiger partial charge < -0.3 is 10.1 Å². The molecule has 24 heavy (non-hydrogen) atoms. The fourth-order valence-electron chi connectivity index (χ4n) is 3.38. The SMILES string of the molecule is Cc1nn(C)c(C)c1CC(=O)NC[C@@H](CC(C)C)N1CCOCC1. The van der Waals surface area contributed by atoms with Crippen molar-refractivity contribution in [2.75, 3.05) is 32.8 Å². The number of hydrogen-bond donors (Lipinski definition) is 1. The molecule has 1 aromatic heterocycles. The van der Waals surface area contributed by atoms with Crippen molar-refractivity contribution >= 4 is 5.91 Å². The van der Waals surface area contributed by atoms with E-state index < -0.39 is 0 Å². The van der Waals surface area contributed by atoms with E-state index in [1.54, 1.807) is 0 Å². The van der Waals surface area contributed by atoms with E-state index in [4.69, 9.17) is 4.74 Å². The van der Waals surface area contributed by atoms with Crippen molar-refractivity contribution in [2.24, 2.45) is 13.0 Å². The molecule has 6 heteroatoms. The van der Waals surface area contributed by atoms with Crippen LogP contribution in [0.3, 0.4) is 0 Å². The van der Waals surface area contributed by atoms with E-state index in [9.17, 15) is 4.79 Å². The molecule has 0 unspecified atom stereocenters. The van der Waals surface area contributed by atoms with Gasteiger partial charge in [-0.05, 0) is 26.2 Å². The predicted molar refractivity (Wildman–Crippen MR) is 95.0 cm³/mol. The lowest BCUT2D eigenvalue weighted by molar-refractivity contribution is -0.120. The lowest BCUT2D eigenvalue weighted by Crippen LogP contribution is -2.49. The van der Waals surface area contributed by atoms with Crippen LogP contribution in [-0.4, -0.2) is 59.5 Å². The van der Waals surface area contributed by atoms with Crippen LogP contribution in [0.4, 0.5) is 0 Å². The first kappa shape index (κ1) is 18.9. The number of aryl methyl sites for hydroxylation is 2. The summed E-state index contributed by atoms with van der Waals surface area (Å²) in [6, 6.07) is 0.383. The Morgan fingerprint density at radius 2 is 1.96 bits per heavy atom. The van der Waals surface area contributed by atoms with E-state index in [1.807, 2.05) is 25.6 Å². The first-order valence-electron chi connectivity index (χ1n) is 8.96. The molecular formula is C18H32N4O2. The summed E-state index contributed by atoms with van der Waals surface area (Å²) in [4.78, 5) is 14.9. The number of rotatable bonds is 7. The summed E-state index contributed by atoms with van der Waals surface area (Å²) in [7, 11) is 1.92. The third-order valence-electron chi connectivity index (χ3n) is 4.84. The molecule has 6 nitrogen and oxygen atoms in total. The minimum atomic E-state index is 0.0798. The van der Waals surface area contributed by atoms with Gasteiger partial charge in [-0.25, -0.2) is 0 Å². The topological polar surface area (TPSA) is 59.4 Å². The average Bonchev–Trinajstić information content (AvgIpc) is 2.78. The highest BCUT2D eigenvalue weighted by Gasteiger charge is 2.23. The zero-order valence-electron chi connectivity index (χ0n) is 15.8. The Hall–Kier alpha value is -1.40. The summed E-state index contributed by atoms with van der Waals surface area (Å²) in [5.41, 5.74) is 3.05. The number of hydrogen-bond acceptors (Lipinski definition) is 4. The van der Waals surface area contributed by atoms with Crippen molar-refractivity contribution in [1.82, 2.24) is 20.0 Å². The smallest absolute Gasteiger partial charge is 0.224 e. The van der Waals surface area contributed by atoms with Gasteiger partial charge in [0.05, 0.1) is 25.3 Å². The van der Waals surface area contributed by atoms with E-state index in [2.05, 4.69) is 29.2 Å². The van der Waals surface area contributed by atoms with E-state index in [1.165, 1.54) is 0 Å². The summed E-state index contributed by atoms with van der Waals surface area (Å²) < 4.78 is 7.29. The van der Waals surface area contributed by atoms with E-state index in [0.29, 0.717) is 24.9 Å². The molecule has 1 fully saturated rings. The molecule has 2 rings (SSSR count). The summed E-state index contributed by atoms with van der Waals surface area (Å²) in [5.74, 6) is 0.689. The summed E-state index contributed by atoms with van der Waals surface area (Å²) in [6.45, 7) is 12.6. The molecule has 1 aromatic rings. The zero-order valence-corrected chi connectivity index (χ0v) is 15.8. The Bertz CT molecular complexity index is 547. The summed E-state index contributed by atoms with van der Waals surface area (Å²) in [5, 5.41) is 7.53. The number of ether oxygens (including phenoxy) is 1. The quantitative estimate of drug-likeness (QED) is 0.819. The predicted octanol–water partition coefficient (Wildman–Crippen LogP) is 1.44. The molecule has 1 N–H and O–H groups in total. The monoisotopic (exact) mass is 336 g/mol. The number of nitrogens with zero attached hydrogens (tertiary/aromatic N) is 3. The fraction of sp³-hybridized carbons (Fsp3) is 0.778. The van der Waals surface area contributed by atoms with Gasteiger partial charge in [0.1, 0.15) is 0 Å². The average molecular weight is 336 g/mol. The van der Waals surface area contributed by atoms with Gasteiger partial charge >= 0.3 is 0 Å². The lowest BCUT2D eigenvalue weighted by atomic mass is 10.0. The maximum Gasteiger partial charge on any atom is 0.224 e. The normalized spacial score (nSPS) is 17.2. The van der Waals surface area contributed by atoms with Crippen LogP contribution in [0.5, 0.6) is 0 Å². The zero-order chi connectivity index (χ0) is 17.7. The highest BCUT2D eigenvalue weighted by molar-refractivity contribution is 5.79. The molecule has 1 saturated heterocycles. The number of aromatic nitrogens is 2. The molecule has 2 heterocycles. The maximum atomic E-state index is 12.4. The Labute approximate surface area is 145 Å². The number of carbonyl (C=O) groups is 1. The van der Waals surface area contributed by atoms with Crippen LogP contribution in [0.1, 0.15) is 37.2 Å². The summed E-state index contributed by atoms with van der Waals surface area (Å²) in [6.07, 6.45) is 1.49. The molecule has 0 saturated carbocycles. The second-order valence-electron chi connectivity index (χ2n) is 7.19. The standard InChI is InChI=1S/C18H32N4O2/c1-13(2)10-16(22-6-8-24-9-7-22)12-19-18(23)11-17-14(3)20-21(5)15(17)4/h13,16H,6-12H2,1-5H3,(H,19,23)/t16-/m1/s1. The third-order valence-corrected chi connectivity index (χ3v) is 4.84. The van der Waals surface area contributed by atoms with Gasteiger partial charge in [0, 0.05) is 44.0 Å². The lowest BCUT2D eigenvalue weighted by Gasteiger charge is -2.35. The van der Waals surface area contributed by atoms with Gasteiger partial charge in [0.2, 0.25) is 5.91 Å². The van der Waals surface area contributed by atoms with Crippen LogP contribution in [-0.2, 0) is 23.0 Å². The molecule has 1 aliphatic rings. The minimum absolute atomic E-state index is 0.0798. The van der Waals surface area contributed by atoms with Crippen molar-refractivity contribution in [3.63, 3.8) is 0 Å². The van der Waals surface area contributed by atoms with Gasteiger partial charge in [-0.3, -0.25) is 14.4 Å². The third kappa shape index (κ3) is 5.05. The van der Waals surface area contributed by atoms with Crippen LogP contribution in [0.25, 0.3) is 0 Å². The Morgan fingerprint density at radius 3 is 2.50 bits per heavy atom. The first-order chi connectivity index (χ1) is 11.4. The van der Waals surface area contributed by atoms with Gasteiger partial charge in [-0.2, -0.15) is 5.10 Å². The number of morpholine rings is 1. The van der Waals surface area contributed by atoms with Crippen LogP contribution < -0.4 is 5.32 Å². The van der Waals surface area contributed by atoms with Gasteiger partial charge in [0.25, 0.3) is 0 Å². The van der Waals surface area contributed by atoms with Crippen molar-refractivity contribution in [3.8, 4) is 0 Å². The number of carbonyl (C=O) groups excluding carboxylic acids is 1. The highest BCUT2D eigenvalue weighted by atomic mass is 16.5. The molecular weight excluding hydrogens is 304 g/mol. The van der Waals surface area contributed by atoms with Crippen molar-refractivity contribution in [1.29, 1.82) is 0 Å². The molecule has 1 atom stereocenters. The van der Waals surface area contributed by atoms with Crippen molar-refractivity contribution in [3.05, 3.63) is 17.0 Å². The Balaban J connectivity index is 1.91. The number of amides is 1. The molecule has 0 aromatic carbocycles. The largest absolute Gasteiger partial charge is 0.379 e. The minimum Gasteiger partial charge on any atom is -0.379 e. The van der Waals surface area contributed by atoms with Crippen molar-refractivity contribution in [2.45, 2.75) is 46.6 Å². The second-order valence-corrected chi connectivity index (χ2v) is 7.19. The van der Waals surface area contributed by atoms with Crippen LogP contribution in [0.2, 0.25) is 0 Å². The molecule has 1 aliphatic heterocycles. The van der Waals surface area contributed by atoms with E-state index in [0.717, 1.165) is 49.7 Å². The van der Waals surface area contributed by atoms with Crippen LogP contribution in [0.15, 0.2) is 0 Å². The van der Waals surface area contributed by atoms with E-state index >= 15 is 0 Å². The Kier molecular flexibility index (Phi) is 6.80. The van der Waals surface area contributed by atoms with E-state index in [-0.39, 0.29) is 5.91 Å². The van der Waals surface area contributed by atoms with Crippen molar-refractivity contribution < 1.29 is 9.53 Å². The molecule has 0 radical (unpaired) electrons. The molecule has 0 aliphatic carbocycles.